The van der Waals surface area contributed by atoms with Gasteiger partial charge in [0.25, 0.3) is 0 Å². The average molecular weight is 435 g/mol. The minimum atomic E-state index is 0.0989. The summed E-state index contributed by atoms with van der Waals surface area (Å²) in [5.74, 6) is 1.47. The van der Waals surface area contributed by atoms with Crippen molar-refractivity contribution in [2.24, 2.45) is 0 Å². The smallest absolute Gasteiger partial charge is 0.225 e. The number of hydrogen-bond acceptors (Lipinski definition) is 6. The Kier molecular flexibility index (Phi) is 5.46. The Morgan fingerprint density at radius 1 is 1.28 bits per heavy atom. The van der Waals surface area contributed by atoms with E-state index >= 15 is 0 Å². The first-order valence-corrected chi connectivity index (χ1v) is 11.3. The number of nitrogen functional groups attached to an aromatic ring is 1. The number of nitrogens with one attached hydrogen (secondary N) is 1. The van der Waals surface area contributed by atoms with Crippen molar-refractivity contribution in [2.75, 3.05) is 44.0 Å². The third-order valence-corrected chi connectivity index (χ3v) is 6.54. The second kappa shape index (κ2) is 8.43. The zero-order valence-electron chi connectivity index (χ0n) is 18.7. The predicted octanol–water partition coefficient (Wildman–Crippen LogP) is 3.16. The van der Waals surface area contributed by atoms with E-state index in [1.54, 1.807) is 7.11 Å². The van der Waals surface area contributed by atoms with E-state index in [0.717, 1.165) is 59.5 Å². The molecule has 32 heavy (non-hydrogen) atoms. The minimum Gasteiger partial charge on any atom is -0.396 e. The van der Waals surface area contributed by atoms with Crippen LogP contribution in [0.15, 0.2) is 30.5 Å². The summed E-state index contributed by atoms with van der Waals surface area (Å²) in [5.41, 5.74) is 11.6. The first-order valence-electron chi connectivity index (χ1n) is 11.3. The monoisotopic (exact) mass is 434 g/mol. The van der Waals surface area contributed by atoms with Crippen molar-refractivity contribution in [2.45, 2.75) is 38.1 Å². The van der Waals surface area contributed by atoms with Crippen LogP contribution < -0.4 is 10.6 Å². The van der Waals surface area contributed by atoms with Gasteiger partial charge >= 0.3 is 0 Å². The standard InChI is InChI=1S/C24H30N6O2/c1-15-14-29(8-9-30(15)22(31)7-10-32-2)24-20(25)12-19(23(27-24)16-3-4-16)17-5-6-21-18(11-17)13-26-28-21/h5-6,11-13,15-16H,3-4,7-10,14,25H2,1-2H3,(H,26,28)/t15-/m1/s1. The lowest BCUT2D eigenvalue weighted by Gasteiger charge is -2.41. The largest absolute Gasteiger partial charge is 0.396 e. The van der Waals surface area contributed by atoms with E-state index in [4.69, 9.17) is 15.5 Å². The third kappa shape index (κ3) is 3.90. The van der Waals surface area contributed by atoms with E-state index in [1.807, 2.05) is 11.1 Å². The first-order chi connectivity index (χ1) is 15.5. The van der Waals surface area contributed by atoms with Crippen molar-refractivity contribution in [1.82, 2.24) is 20.1 Å². The predicted molar refractivity (Wildman–Crippen MR) is 126 cm³/mol. The number of methoxy groups -OCH3 is 1. The fourth-order valence-electron chi connectivity index (χ4n) is 4.65. The maximum Gasteiger partial charge on any atom is 0.225 e. The van der Waals surface area contributed by atoms with E-state index in [9.17, 15) is 4.79 Å². The molecule has 5 rings (SSSR count). The molecule has 1 amide bonds. The number of rotatable bonds is 6. The molecule has 8 nitrogen and oxygen atoms in total. The van der Waals surface area contributed by atoms with Crippen molar-refractivity contribution in [1.29, 1.82) is 0 Å². The van der Waals surface area contributed by atoms with Crippen LogP contribution in [0.25, 0.3) is 22.0 Å². The molecule has 3 aromatic rings. The van der Waals surface area contributed by atoms with Crippen LogP contribution in [0, 0.1) is 0 Å². The number of amides is 1. The number of aromatic nitrogens is 3. The van der Waals surface area contributed by atoms with Crippen LogP contribution in [-0.4, -0.2) is 65.4 Å². The Bertz CT molecular complexity index is 1140. The second-order valence-electron chi connectivity index (χ2n) is 8.91. The molecule has 3 N–H and O–H groups in total. The Morgan fingerprint density at radius 3 is 2.88 bits per heavy atom. The topological polar surface area (TPSA) is 100 Å². The summed E-state index contributed by atoms with van der Waals surface area (Å²) >= 11 is 0. The van der Waals surface area contributed by atoms with Gasteiger partial charge in [-0.2, -0.15) is 5.10 Å². The summed E-state index contributed by atoms with van der Waals surface area (Å²) in [7, 11) is 1.62. The number of carbonyl (C=O) groups excluding carboxylic acids is 1. The molecule has 2 aliphatic rings. The van der Waals surface area contributed by atoms with Gasteiger partial charge in [-0.3, -0.25) is 9.89 Å². The molecule has 1 atom stereocenters. The summed E-state index contributed by atoms with van der Waals surface area (Å²) in [6.07, 6.45) is 4.59. The first kappa shape index (κ1) is 20.8. The third-order valence-electron chi connectivity index (χ3n) is 6.54. The molecule has 1 aliphatic carbocycles. The average Bonchev–Trinajstić information content (AvgIpc) is 3.53. The molecule has 2 fully saturated rings. The summed E-state index contributed by atoms with van der Waals surface area (Å²) in [6, 6.07) is 8.49. The SMILES string of the molecule is COCCC(=O)N1CCN(c2nc(C3CC3)c(-c3ccc4[nH]ncc4c3)cc2N)C[C@H]1C. The van der Waals surface area contributed by atoms with Crippen molar-refractivity contribution in [3.05, 3.63) is 36.2 Å². The molecular weight excluding hydrogens is 404 g/mol. The van der Waals surface area contributed by atoms with Gasteiger partial charge in [-0.05, 0) is 43.5 Å². The molecular formula is C24H30N6O2. The number of anilines is 2. The van der Waals surface area contributed by atoms with Gasteiger partial charge in [0.1, 0.15) is 0 Å². The number of nitrogens with two attached hydrogens (primary N) is 1. The van der Waals surface area contributed by atoms with Crippen LogP contribution in [-0.2, 0) is 9.53 Å². The van der Waals surface area contributed by atoms with Gasteiger partial charge in [0.2, 0.25) is 5.91 Å². The van der Waals surface area contributed by atoms with Gasteiger partial charge in [0.15, 0.2) is 5.82 Å². The maximum absolute atomic E-state index is 12.5. The van der Waals surface area contributed by atoms with E-state index in [0.29, 0.717) is 31.2 Å². The van der Waals surface area contributed by atoms with E-state index in [-0.39, 0.29) is 11.9 Å². The van der Waals surface area contributed by atoms with Gasteiger partial charge < -0.3 is 20.3 Å². The molecule has 1 aromatic carbocycles. The minimum absolute atomic E-state index is 0.0989. The maximum atomic E-state index is 12.5. The normalized spacial score (nSPS) is 19.0. The number of H-pyrrole nitrogens is 1. The van der Waals surface area contributed by atoms with Crippen LogP contribution in [0.5, 0.6) is 0 Å². The lowest BCUT2D eigenvalue weighted by atomic mass is 9.99. The number of aromatic amines is 1. The molecule has 0 bridgehead atoms. The fraction of sp³-hybridized carbons (Fsp3) is 0.458. The molecule has 1 saturated heterocycles. The summed E-state index contributed by atoms with van der Waals surface area (Å²) in [5, 5.41) is 8.22. The van der Waals surface area contributed by atoms with Gasteiger partial charge in [-0.25, -0.2) is 4.98 Å². The van der Waals surface area contributed by atoms with Crippen molar-refractivity contribution < 1.29 is 9.53 Å². The lowest BCUT2D eigenvalue weighted by molar-refractivity contribution is -0.134. The fourth-order valence-corrected chi connectivity index (χ4v) is 4.65. The molecule has 0 radical (unpaired) electrons. The van der Waals surface area contributed by atoms with Gasteiger partial charge in [-0.1, -0.05) is 6.07 Å². The van der Waals surface area contributed by atoms with Crippen LogP contribution >= 0.6 is 0 Å². The molecule has 8 heteroatoms. The number of carbonyl (C=O) groups is 1. The zero-order valence-corrected chi connectivity index (χ0v) is 18.7. The Hall–Kier alpha value is -3.13. The molecule has 0 unspecified atom stereocenters. The highest BCUT2D eigenvalue weighted by Gasteiger charge is 2.32. The number of hydrogen-bond donors (Lipinski definition) is 2. The van der Waals surface area contributed by atoms with Crippen molar-refractivity contribution in [3.8, 4) is 11.1 Å². The highest BCUT2D eigenvalue weighted by molar-refractivity contribution is 5.86. The number of pyridine rings is 1. The lowest BCUT2D eigenvalue weighted by Crippen LogP contribution is -2.54. The molecule has 3 heterocycles. The molecule has 2 aromatic heterocycles. The zero-order chi connectivity index (χ0) is 22.2. The van der Waals surface area contributed by atoms with Crippen LogP contribution in [0.2, 0.25) is 0 Å². The van der Waals surface area contributed by atoms with Crippen molar-refractivity contribution in [3.63, 3.8) is 0 Å². The summed E-state index contributed by atoms with van der Waals surface area (Å²) < 4.78 is 5.06. The second-order valence-corrected chi connectivity index (χ2v) is 8.91. The van der Waals surface area contributed by atoms with Gasteiger partial charge in [-0.15, -0.1) is 0 Å². The Morgan fingerprint density at radius 2 is 2.12 bits per heavy atom. The van der Waals surface area contributed by atoms with Crippen LogP contribution in [0.1, 0.15) is 37.8 Å². The number of fused-ring (bicyclic) bond motifs is 1. The Balaban J connectivity index is 1.42. The van der Waals surface area contributed by atoms with Crippen molar-refractivity contribution >= 4 is 28.3 Å². The Labute approximate surface area is 187 Å². The van der Waals surface area contributed by atoms with E-state index in [1.165, 1.54) is 0 Å². The van der Waals surface area contributed by atoms with Gasteiger partial charge in [0.05, 0.1) is 36.1 Å². The van der Waals surface area contributed by atoms with E-state index < -0.39 is 0 Å². The number of piperazine rings is 1. The highest BCUT2D eigenvalue weighted by Crippen LogP contribution is 2.45. The molecule has 1 saturated carbocycles. The van der Waals surface area contributed by atoms with Crippen LogP contribution in [0.3, 0.4) is 0 Å². The quantitative estimate of drug-likeness (QED) is 0.618. The highest BCUT2D eigenvalue weighted by atomic mass is 16.5. The van der Waals surface area contributed by atoms with Gasteiger partial charge in [0, 0.05) is 49.7 Å². The summed E-state index contributed by atoms with van der Waals surface area (Å²) in [4.78, 5) is 21.8. The van der Waals surface area contributed by atoms with Crippen LogP contribution in [0.4, 0.5) is 11.5 Å². The molecule has 168 valence electrons. The molecule has 0 spiro atoms. The van der Waals surface area contributed by atoms with E-state index in [2.05, 4.69) is 46.3 Å². The number of nitrogens with zero attached hydrogens (tertiary/aromatic N) is 4. The summed E-state index contributed by atoms with van der Waals surface area (Å²) in [6.45, 7) is 4.66. The molecule has 1 aliphatic heterocycles. The number of benzene rings is 1. The number of ether oxygens (including phenoxy) is 1.